The van der Waals surface area contributed by atoms with Crippen LogP contribution in [0.2, 0.25) is 0 Å². The lowest BCUT2D eigenvalue weighted by Crippen LogP contribution is -2.46. The number of amides is 2. The SMILES string of the molecule is CC(C)C.COC(=O)C1CCCN1C(=O)CNC(=O)OCC(F)(F)/C=C/c1cccc(-c2nc3ccccc3[nH]c2=O)c1. The Bertz CT molecular complexity index is 1520. The number of aromatic nitrogens is 2. The lowest BCUT2D eigenvalue weighted by molar-refractivity contribution is -0.150. The number of benzene rings is 2. The molecule has 0 spiro atoms. The van der Waals surface area contributed by atoms with Gasteiger partial charge in [-0.2, -0.15) is 8.78 Å². The van der Waals surface area contributed by atoms with Gasteiger partial charge in [0.15, 0.2) is 6.61 Å². The predicted molar refractivity (Wildman–Crippen MR) is 158 cm³/mol. The minimum absolute atomic E-state index is 0.150. The Hall–Kier alpha value is -4.61. The van der Waals surface area contributed by atoms with E-state index >= 15 is 0 Å². The number of H-pyrrole nitrogens is 1. The van der Waals surface area contributed by atoms with Crippen LogP contribution in [0.15, 0.2) is 59.4 Å². The number of aromatic amines is 1. The van der Waals surface area contributed by atoms with E-state index in [2.05, 4.69) is 45.5 Å². The minimum Gasteiger partial charge on any atom is -0.467 e. The first-order valence-electron chi connectivity index (χ1n) is 13.8. The summed E-state index contributed by atoms with van der Waals surface area (Å²) < 4.78 is 38.0. The van der Waals surface area contributed by atoms with Gasteiger partial charge >= 0.3 is 12.1 Å². The topological polar surface area (TPSA) is 131 Å². The highest BCUT2D eigenvalue weighted by atomic mass is 19.3. The van der Waals surface area contributed by atoms with E-state index in [1.807, 2.05) is 0 Å². The molecule has 0 radical (unpaired) electrons. The van der Waals surface area contributed by atoms with Crippen molar-refractivity contribution in [2.45, 2.75) is 45.6 Å². The van der Waals surface area contributed by atoms with Crippen LogP contribution in [0.4, 0.5) is 13.6 Å². The third-order valence-electron chi connectivity index (χ3n) is 6.11. The molecular weight excluding hydrogens is 562 g/mol. The Labute approximate surface area is 248 Å². The van der Waals surface area contributed by atoms with Gasteiger partial charge in [0.05, 0.1) is 18.1 Å². The highest BCUT2D eigenvalue weighted by Gasteiger charge is 2.35. The minimum atomic E-state index is -3.51. The monoisotopic (exact) mass is 598 g/mol. The first-order chi connectivity index (χ1) is 20.4. The Balaban J connectivity index is 0.00000119. The molecule has 0 saturated carbocycles. The van der Waals surface area contributed by atoms with Crippen LogP contribution in [0, 0.1) is 5.92 Å². The second-order valence-electron chi connectivity index (χ2n) is 10.6. The van der Waals surface area contributed by atoms with E-state index in [0.717, 1.165) is 12.0 Å². The number of nitrogens with one attached hydrogen (secondary N) is 2. The molecule has 0 aliphatic carbocycles. The second kappa shape index (κ2) is 15.0. The van der Waals surface area contributed by atoms with E-state index in [1.165, 1.54) is 18.1 Å². The summed E-state index contributed by atoms with van der Waals surface area (Å²) in [5, 5.41) is 2.13. The predicted octanol–water partition coefficient (Wildman–Crippen LogP) is 4.79. The molecule has 230 valence electrons. The number of carbonyl (C=O) groups is 3. The number of hydrogen-bond donors (Lipinski definition) is 2. The van der Waals surface area contributed by atoms with Gasteiger partial charge in [-0.25, -0.2) is 14.6 Å². The van der Waals surface area contributed by atoms with Crippen molar-refractivity contribution in [3.8, 4) is 11.3 Å². The number of methoxy groups -OCH3 is 1. The summed E-state index contributed by atoms with van der Waals surface area (Å²) in [5.41, 5.74) is 1.72. The van der Waals surface area contributed by atoms with Crippen LogP contribution < -0.4 is 10.9 Å². The number of esters is 1. The van der Waals surface area contributed by atoms with Crippen molar-refractivity contribution in [3.05, 3.63) is 70.5 Å². The third kappa shape index (κ3) is 9.73. The van der Waals surface area contributed by atoms with Crippen LogP contribution >= 0.6 is 0 Å². The normalized spacial score (nSPS) is 14.9. The maximum Gasteiger partial charge on any atom is 0.407 e. The highest BCUT2D eigenvalue weighted by Crippen LogP contribution is 2.22. The number of para-hydroxylation sites is 2. The van der Waals surface area contributed by atoms with E-state index in [-0.39, 0.29) is 5.69 Å². The quantitative estimate of drug-likeness (QED) is 0.357. The first-order valence-corrected chi connectivity index (χ1v) is 13.8. The Morgan fingerprint density at radius 2 is 1.88 bits per heavy atom. The maximum atomic E-state index is 14.4. The number of halogens is 2. The molecule has 0 bridgehead atoms. The number of rotatable bonds is 8. The van der Waals surface area contributed by atoms with Crippen molar-refractivity contribution in [2.24, 2.45) is 5.92 Å². The van der Waals surface area contributed by atoms with Gasteiger partial charge in [-0.15, -0.1) is 0 Å². The van der Waals surface area contributed by atoms with Gasteiger partial charge in [0, 0.05) is 12.1 Å². The molecule has 1 aliphatic heterocycles. The molecule has 1 saturated heterocycles. The fraction of sp³-hybridized carbons (Fsp3) is 0.387. The summed E-state index contributed by atoms with van der Waals surface area (Å²) in [6.45, 7) is 5.05. The second-order valence-corrected chi connectivity index (χ2v) is 10.6. The molecule has 1 fully saturated rings. The van der Waals surface area contributed by atoms with Gasteiger partial charge in [0.2, 0.25) is 5.91 Å². The molecule has 1 atom stereocenters. The number of likely N-dealkylation sites (tertiary alicyclic amines) is 1. The lowest BCUT2D eigenvalue weighted by atomic mass is 10.1. The van der Waals surface area contributed by atoms with E-state index in [9.17, 15) is 28.0 Å². The van der Waals surface area contributed by atoms with Gasteiger partial charge in [-0.3, -0.25) is 9.59 Å². The molecule has 3 aromatic rings. The van der Waals surface area contributed by atoms with Crippen LogP contribution in [0.5, 0.6) is 0 Å². The molecule has 10 nitrogen and oxygen atoms in total. The fourth-order valence-corrected chi connectivity index (χ4v) is 4.19. The van der Waals surface area contributed by atoms with Crippen LogP contribution in [0.1, 0.15) is 39.2 Å². The van der Waals surface area contributed by atoms with Crippen molar-refractivity contribution in [1.29, 1.82) is 0 Å². The maximum absolute atomic E-state index is 14.4. The summed E-state index contributed by atoms with van der Waals surface area (Å²) in [6.07, 6.45) is 1.57. The third-order valence-corrected chi connectivity index (χ3v) is 6.11. The van der Waals surface area contributed by atoms with Crippen LogP contribution in [0.3, 0.4) is 0 Å². The van der Waals surface area contributed by atoms with Crippen LogP contribution in [0.25, 0.3) is 28.4 Å². The molecule has 12 heteroatoms. The molecule has 1 aliphatic rings. The van der Waals surface area contributed by atoms with Crippen molar-refractivity contribution >= 4 is 35.1 Å². The first kappa shape index (κ1) is 32.9. The van der Waals surface area contributed by atoms with Crippen LogP contribution in [-0.4, -0.2) is 71.6 Å². The molecular formula is C31H36F2N4O6. The smallest absolute Gasteiger partial charge is 0.407 e. The van der Waals surface area contributed by atoms with Gasteiger partial charge in [-0.1, -0.05) is 57.2 Å². The molecule has 1 unspecified atom stereocenters. The Morgan fingerprint density at radius 1 is 1.16 bits per heavy atom. The van der Waals surface area contributed by atoms with Crippen LogP contribution in [-0.2, 0) is 19.1 Å². The molecule has 2 N–H and O–H groups in total. The van der Waals surface area contributed by atoms with E-state index in [4.69, 9.17) is 0 Å². The zero-order valence-corrected chi connectivity index (χ0v) is 24.6. The molecule has 2 aromatic carbocycles. The number of alkyl carbamates (subject to hydrolysis) is 1. The fourth-order valence-electron chi connectivity index (χ4n) is 4.19. The summed E-state index contributed by atoms with van der Waals surface area (Å²) >= 11 is 0. The number of nitrogens with zero attached hydrogens (tertiary/aromatic N) is 2. The summed E-state index contributed by atoms with van der Waals surface area (Å²) in [4.78, 5) is 56.9. The number of ether oxygens (including phenoxy) is 2. The van der Waals surface area contributed by atoms with Crippen molar-refractivity contribution in [2.75, 3.05) is 26.8 Å². The molecule has 1 aromatic heterocycles. The summed E-state index contributed by atoms with van der Waals surface area (Å²) in [7, 11) is 1.22. The molecule has 43 heavy (non-hydrogen) atoms. The standard InChI is InChI=1S/C27H26F2N4O6.C4H10/c1-38-25(36)21-10-5-13-33(21)22(34)15-30-26(37)39-16-27(28,29)12-11-17-6-4-7-18(14-17)23-24(35)32-20-9-3-2-8-19(20)31-23;1-4(2)3/h2-4,6-9,11-12,14,21H,5,10,13,15-16H2,1H3,(H,30,37)(H,32,35);4H,1-3H3/b12-11+;. The van der Waals surface area contributed by atoms with Gasteiger partial charge < -0.3 is 24.7 Å². The molecule has 4 rings (SSSR count). The Kier molecular flexibility index (Phi) is 11.5. The number of carbonyl (C=O) groups excluding carboxylic acids is 3. The van der Waals surface area contributed by atoms with Crippen molar-refractivity contribution in [3.63, 3.8) is 0 Å². The van der Waals surface area contributed by atoms with E-state index in [1.54, 1.807) is 42.5 Å². The van der Waals surface area contributed by atoms with Crippen molar-refractivity contribution in [1.82, 2.24) is 20.2 Å². The zero-order chi connectivity index (χ0) is 31.6. The van der Waals surface area contributed by atoms with Gasteiger partial charge in [-0.05, 0) is 48.6 Å². The zero-order valence-electron chi connectivity index (χ0n) is 24.6. The highest BCUT2D eigenvalue weighted by molar-refractivity contribution is 5.87. The summed E-state index contributed by atoms with van der Waals surface area (Å²) in [6, 6.07) is 12.7. The molecule has 2 amide bonds. The number of fused-ring (bicyclic) bond motifs is 1. The number of alkyl halides is 2. The van der Waals surface area contributed by atoms with Gasteiger partial charge in [0.1, 0.15) is 18.3 Å². The Morgan fingerprint density at radius 3 is 2.60 bits per heavy atom. The van der Waals surface area contributed by atoms with E-state index < -0.39 is 48.6 Å². The average molecular weight is 599 g/mol. The number of hydrogen-bond acceptors (Lipinski definition) is 7. The summed E-state index contributed by atoms with van der Waals surface area (Å²) in [5.74, 6) is -3.78. The van der Waals surface area contributed by atoms with Gasteiger partial charge in [0.25, 0.3) is 11.5 Å². The van der Waals surface area contributed by atoms with Crippen molar-refractivity contribution < 1.29 is 32.6 Å². The van der Waals surface area contributed by atoms with E-state index in [0.29, 0.717) is 47.6 Å². The lowest BCUT2D eigenvalue weighted by Gasteiger charge is -2.22. The molecule has 2 heterocycles. The average Bonchev–Trinajstić information content (AvgIpc) is 3.47. The largest absolute Gasteiger partial charge is 0.467 e.